The van der Waals surface area contributed by atoms with Gasteiger partial charge in [0.15, 0.2) is 0 Å². The maximum Gasteiger partial charge on any atom is 0.261 e. The van der Waals surface area contributed by atoms with Crippen LogP contribution in [0.4, 0.5) is 0 Å². The monoisotopic (exact) mass is 326 g/mol. The normalized spacial score (nSPS) is 13.3. The van der Waals surface area contributed by atoms with Gasteiger partial charge in [0, 0.05) is 13.0 Å². The number of amides is 3. The zero-order valence-corrected chi connectivity index (χ0v) is 13.4. The Hall–Kier alpha value is -2.89. The van der Waals surface area contributed by atoms with E-state index in [1.165, 1.54) is 4.90 Å². The Balaban J connectivity index is 1.50. The van der Waals surface area contributed by atoms with E-state index in [-0.39, 0.29) is 30.7 Å². The number of benzene rings is 1. The van der Waals surface area contributed by atoms with Crippen LogP contribution < -0.4 is 5.32 Å². The molecule has 3 amide bonds. The van der Waals surface area contributed by atoms with E-state index < -0.39 is 0 Å². The molecule has 6 heteroatoms. The maximum absolute atomic E-state index is 12.3. The van der Waals surface area contributed by atoms with E-state index in [0.29, 0.717) is 29.9 Å². The average Bonchev–Trinajstić information content (AvgIpc) is 3.16. The van der Waals surface area contributed by atoms with Crippen molar-refractivity contribution < 1.29 is 18.8 Å². The summed E-state index contributed by atoms with van der Waals surface area (Å²) in [6.07, 6.45) is 2.22. The van der Waals surface area contributed by atoms with Crippen LogP contribution in [0.25, 0.3) is 0 Å². The molecule has 0 bridgehead atoms. The topological polar surface area (TPSA) is 79.6 Å². The molecule has 1 aromatic carbocycles. The minimum absolute atomic E-state index is 0.140. The maximum atomic E-state index is 12.3. The lowest BCUT2D eigenvalue weighted by Gasteiger charge is -2.13. The predicted molar refractivity (Wildman–Crippen MR) is 86.3 cm³/mol. The third kappa shape index (κ3) is 3.22. The molecule has 0 unspecified atom stereocenters. The van der Waals surface area contributed by atoms with E-state index in [0.717, 1.165) is 5.56 Å². The molecule has 0 aliphatic carbocycles. The van der Waals surface area contributed by atoms with Crippen molar-refractivity contribution in [1.82, 2.24) is 10.2 Å². The van der Waals surface area contributed by atoms with Gasteiger partial charge < -0.3 is 9.73 Å². The van der Waals surface area contributed by atoms with Gasteiger partial charge in [0.25, 0.3) is 11.8 Å². The van der Waals surface area contributed by atoms with Crippen molar-refractivity contribution in [3.8, 4) is 0 Å². The van der Waals surface area contributed by atoms with Gasteiger partial charge in [-0.25, -0.2) is 0 Å². The van der Waals surface area contributed by atoms with Crippen molar-refractivity contribution >= 4 is 17.7 Å². The molecule has 0 saturated heterocycles. The van der Waals surface area contributed by atoms with Gasteiger partial charge in [-0.05, 0) is 37.6 Å². The highest BCUT2D eigenvalue weighted by Crippen LogP contribution is 2.24. The fraction of sp³-hybridized carbons (Fsp3) is 0.278. The number of fused-ring (bicyclic) bond motifs is 1. The minimum atomic E-state index is -0.286. The fourth-order valence-corrected chi connectivity index (χ4v) is 2.69. The second kappa shape index (κ2) is 6.70. The van der Waals surface area contributed by atoms with Crippen LogP contribution in [0.2, 0.25) is 0 Å². The van der Waals surface area contributed by atoms with E-state index in [9.17, 15) is 14.4 Å². The van der Waals surface area contributed by atoms with Crippen molar-refractivity contribution in [3.05, 3.63) is 59.0 Å². The minimum Gasteiger partial charge on any atom is -0.467 e. The molecule has 1 N–H and O–H groups in total. The first kappa shape index (κ1) is 16.0. The SMILES string of the molecule is Cc1ccc2c(c1)C(=O)N(CCCC(=O)NCc1ccco1)C2=O. The molecule has 0 spiro atoms. The second-order valence-electron chi connectivity index (χ2n) is 5.77. The number of aryl methyl sites for hydroxylation is 1. The highest BCUT2D eigenvalue weighted by Gasteiger charge is 2.34. The number of carbonyl (C=O) groups is 3. The zero-order chi connectivity index (χ0) is 17.1. The van der Waals surface area contributed by atoms with Crippen LogP contribution >= 0.6 is 0 Å². The Kier molecular flexibility index (Phi) is 4.46. The number of furan rings is 1. The molecule has 3 rings (SSSR count). The molecule has 0 atom stereocenters. The van der Waals surface area contributed by atoms with Crippen LogP contribution in [-0.4, -0.2) is 29.2 Å². The predicted octanol–water partition coefficient (Wildman–Crippen LogP) is 2.28. The Morgan fingerprint density at radius 1 is 1.17 bits per heavy atom. The van der Waals surface area contributed by atoms with Crippen molar-refractivity contribution in [2.45, 2.75) is 26.3 Å². The van der Waals surface area contributed by atoms with E-state index in [1.807, 2.05) is 13.0 Å². The van der Waals surface area contributed by atoms with Crippen molar-refractivity contribution in [2.24, 2.45) is 0 Å². The first-order valence-corrected chi connectivity index (χ1v) is 7.82. The Bertz CT molecular complexity index is 780. The van der Waals surface area contributed by atoms with Crippen LogP contribution in [0.5, 0.6) is 0 Å². The molecular formula is C18H18N2O4. The molecule has 2 heterocycles. The van der Waals surface area contributed by atoms with Crippen molar-refractivity contribution in [1.29, 1.82) is 0 Å². The van der Waals surface area contributed by atoms with Gasteiger partial charge in [-0.1, -0.05) is 11.6 Å². The molecule has 2 aromatic rings. The molecule has 1 aliphatic heterocycles. The molecule has 24 heavy (non-hydrogen) atoms. The molecular weight excluding hydrogens is 308 g/mol. The van der Waals surface area contributed by atoms with Gasteiger partial charge in [0.1, 0.15) is 5.76 Å². The number of imide groups is 1. The molecule has 1 aliphatic rings. The molecule has 6 nitrogen and oxygen atoms in total. The van der Waals surface area contributed by atoms with Gasteiger partial charge in [-0.3, -0.25) is 19.3 Å². The van der Waals surface area contributed by atoms with E-state index in [2.05, 4.69) is 5.32 Å². The van der Waals surface area contributed by atoms with Crippen molar-refractivity contribution in [3.63, 3.8) is 0 Å². The summed E-state index contributed by atoms with van der Waals surface area (Å²) in [5.41, 5.74) is 1.82. The quantitative estimate of drug-likeness (QED) is 0.826. The number of carbonyl (C=O) groups excluding carboxylic acids is 3. The number of rotatable bonds is 6. The fourth-order valence-electron chi connectivity index (χ4n) is 2.69. The van der Waals surface area contributed by atoms with Crippen LogP contribution in [0.1, 0.15) is 44.9 Å². The van der Waals surface area contributed by atoms with Gasteiger partial charge in [0.05, 0.1) is 23.9 Å². The smallest absolute Gasteiger partial charge is 0.261 e. The van der Waals surface area contributed by atoms with Crippen molar-refractivity contribution in [2.75, 3.05) is 6.54 Å². The summed E-state index contributed by atoms with van der Waals surface area (Å²) < 4.78 is 5.13. The highest BCUT2D eigenvalue weighted by molar-refractivity contribution is 6.21. The summed E-state index contributed by atoms with van der Waals surface area (Å²) in [5.74, 6) is -0.0291. The van der Waals surface area contributed by atoms with Crippen LogP contribution in [0.15, 0.2) is 41.0 Å². The Morgan fingerprint density at radius 3 is 2.71 bits per heavy atom. The van der Waals surface area contributed by atoms with E-state index in [1.54, 1.807) is 30.5 Å². The van der Waals surface area contributed by atoms with Gasteiger partial charge >= 0.3 is 0 Å². The molecule has 0 radical (unpaired) electrons. The molecule has 0 fully saturated rings. The van der Waals surface area contributed by atoms with Gasteiger partial charge in [-0.2, -0.15) is 0 Å². The average molecular weight is 326 g/mol. The summed E-state index contributed by atoms with van der Waals surface area (Å²) in [5, 5.41) is 2.74. The van der Waals surface area contributed by atoms with Crippen LogP contribution in [0.3, 0.4) is 0 Å². The third-order valence-electron chi connectivity index (χ3n) is 3.95. The first-order valence-electron chi connectivity index (χ1n) is 7.82. The van der Waals surface area contributed by atoms with Gasteiger partial charge in [0.2, 0.25) is 5.91 Å². The summed E-state index contributed by atoms with van der Waals surface area (Å²) in [4.78, 5) is 37.6. The first-order chi connectivity index (χ1) is 11.6. The number of hydrogen-bond donors (Lipinski definition) is 1. The van der Waals surface area contributed by atoms with E-state index >= 15 is 0 Å². The lowest BCUT2D eigenvalue weighted by atomic mass is 10.1. The highest BCUT2D eigenvalue weighted by atomic mass is 16.3. The van der Waals surface area contributed by atoms with Crippen LogP contribution in [-0.2, 0) is 11.3 Å². The second-order valence-corrected chi connectivity index (χ2v) is 5.77. The Morgan fingerprint density at radius 2 is 1.96 bits per heavy atom. The lowest BCUT2D eigenvalue weighted by Crippen LogP contribution is -2.32. The number of nitrogens with zero attached hydrogens (tertiary/aromatic N) is 1. The van der Waals surface area contributed by atoms with E-state index in [4.69, 9.17) is 4.42 Å². The summed E-state index contributed by atoms with van der Waals surface area (Å²) >= 11 is 0. The molecule has 1 aromatic heterocycles. The standard InChI is InChI=1S/C18H18N2O4/c1-12-6-7-14-15(10-12)18(23)20(17(14)22)8-2-5-16(21)19-11-13-4-3-9-24-13/h3-4,6-7,9-10H,2,5,8,11H2,1H3,(H,19,21). The number of hydrogen-bond acceptors (Lipinski definition) is 4. The zero-order valence-electron chi connectivity index (χ0n) is 13.4. The Labute approximate surface area is 139 Å². The molecule has 124 valence electrons. The van der Waals surface area contributed by atoms with Crippen LogP contribution in [0, 0.1) is 6.92 Å². The lowest BCUT2D eigenvalue weighted by molar-refractivity contribution is -0.121. The van der Waals surface area contributed by atoms with Gasteiger partial charge in [-0.15, -0.1) is 0 Å². The third-order valence-corrected chi connectivity index (χ3v) is 3.95. The largest absolute Gasteiger partial charge is 0.467 e. The summed E-state index contributed by atoms with van der Waals surface area (Å²) in [6.45, 7) is 2.45. The molecule has 0 saturated carbocycles. The summed E-state index contributed by atoms with van der Waals surface area (Å²) in [6, 6.07) is 8.76. The summed E-state index contributed by atoms with van der Waals surface area (Å²) in [7, 11) is 0. The number of nitrogens with one attached hydrogen (secondary N) is 1.